The van der Waals surface area contributed by atoms with E-state index in [-0.39, 0.29) is 11.8 Å². The SMILES string of the molecule is COc1ccc(-c2noc3ncnc(N4CCC(C(=O)NCCCN5CCN(C)CC5)CC4)c23)cc1. The molecule has 0 radical (unpaired) electrons. The Labute approximate surface area is 211 Å². The van der Waals surface area contributed by atoms with Crippen LogP contribution in [-0.4, -0.2) is 97.3 Å². The number of carbonyl (C=O) groups is 1. The Morgan fingerprint density at radius 2 is 1.83 bits per heavy atom. The first-order chi connectivity index (χ1) is 17.6. The van der Waals surface area contributed by atoms with Gasteiger partial charge in [0.05, 0.1) is 7.11 Å². The Balaban J connectivity index is 1.16. The van der Waals surface area contributed by atoms with Crippen LogP contribution in [-0.2, 0) is 4.79 Å². The largest absolute Gasteiger partial charge is 0.497 e. The monoisotopic (exact) mass is 493 g/mol. The van der Waals surface area contributed by atoms with Crippen molar-refractivity contribution < 1.29 is 14.1 Å². The van der Waals surface area contributed by atoms with Crippen LogP contribution in [0, 0.1) is 5.92 Å². The van der Waals surface area contributed by atoms with Crippen LogP contribution in [0.1, 0.15) is 19.3 Å². The number of likely N-dealkylation sites (N-methyl/N-ethyl adjacent to an activating group) is 1. The third-order valence-electron chi connectivity index (χ3n) is 7.33. The van der Waals surface area contributed by atoms with E-state index in [1.165, 1.54) is 6.33 Å². The highest BCUT2D eigenvalue weighted by molar-refractivity contribution is 5.98. The topological polar surface area (TPSA) is 99.9 Å². The predicted molar refractivity (Wildman–Crippen MR) is 138 cm³/mol. The molecule has 2 saturated heterocycles. The highest BCUT2D eigenvalue weighted by Gasteiger charge is 2.28. The molecular weight excluding hydrogens is 458 g/mol. The number of anilines is 1. The summed E-state index contributed by atoms with van der Waals surface area (Å²) in [5.41, 5.74) is 2.09. The molecule has 10 nitrogen and oxygen atoms in total. The third-order valence-corrected chi connectivity index (χ3v) is 7.33. The van der Waals surface area contributed by atoms with Gasteiger partial charge in [-0.1, -0.05) is 5.16 Å². The van der Waals surface area contributed by atoms with Gasteiger partial charge in [-0.25, -0.2) is 4.98 Å². The number of hydrogen-bond donors (Lipinski definition) is 1. The lowest BCUT2D eigenvalue weighted by Gasteiger charge is -2.33. The zero-order valence-electron chi connectivity index (χ0n) is 21.2. The first kappa shape index (κ1) is 24.5. The minimum atomic E-state index is 0.0331. The molecule has 1 N–H and O–H groups in total. The summed E-state index contributed by atoms with van der Waals surface area (Å²) in [6.07, 6.45) is 4.09. The normalized spacial score (nSPS) is 18.0. The highest BCUT2D eigenvalue weighted by atomic mass is 16.5. The molecule has 5 rings (SSSR count). The molecule has 36 heavy (non-hydrogen) atoms. The maximum absolute atomic E-state index is 12.8. The van der Waals surface area contributed by atoms with E-state index >= 15 is 0 Å². The Bertz CT molecular complexity index is 1150. The summed E-state index contributed by atoms with van der Waals surface area (Å²) in [5, 5.41) is 8.25. The number of nitrogens with zero attached hydrogens (tertiary/aromatic N) is 6. The zero-order chi connectivity index (χ0) is 24.9. The Morgan fingerprint density at radius 1 is 1.08 bits per heavy atom. The van der Waals surface area contributed by atoms with Gasteiger partial charge in [-0.3, -0.25) is 4.79 Å². The van der Waals surface area contributed by atoms with Gasteiger partial charge >= 0.3 is 0 Å². The molecule has 0 spiro atoms. The third kappa shape index (κ3) is 5.44. The number of fused-ring (bicyclic) bond motifs is 1. The fraction of sp³-hybridized carbons (Fsp3) is 0.538. The quantitative estimate of drug-likeness (QED) is 0.474. The van der Waals surface area contributed by atoms with Gasteiger partial charge in [0, 0.05) is 57.3 Å². The Kier molecular flexibility index (Phi) is 7.62. The van der Waals surface area contributed by atoms with Gasteiger partial charge in [0.25, 0.3) is 5.71 Å². The summed E-state index contributed by atoms with van der Waals surface area (Å²) in [5.74, 6) is 1.79. The van der Waals surface area contributed by atoms with Crippen LogP contribution in [0.25, 0.3) is 22.4 Å². The van der Waals surface area contributed by atoms with Gasteiger partial charge in [-0.2, -0.15) is 4.98 Å². The van der Waals surface area contributed by atoms with Crippen LogP contribution in [0.2, 0.25) is 0 Å². The van der Waals surface area contributed by atoms with Gasteiger partial charge < -0.3 is 29.3 Å². The van der Waals surface area contributed by atoms with Crippen molar-refractivity contribution in [2.75, 3.05) is 71.4 Å². The summed E-state index contributed by atoms with van der Waals surface area (Å²) >= 11 is 0. The molecule has 3 aromatic rings. The maximum Gasteiger partial charge on any atom is 0.263 e. The smallest absolute Gasteiger partial charge is 0.263 e. The lowest BCUT2D eigenvalue weighted by atomic mass is 9.95. The van der Waals surface area contributed by atoms with Gasteiger partial charge in [0.15, 0.2) is 0 Å². The van der Waals surface area contributed by atoms with E-state index in [4.69, 9.17) is 9.26 Å². The van der Waals surface area contributed by atoms with Gasteiger partial charge in [-0.05, 0) is 57.1 Å². The van der Waals surface area contributed by atoms with Gasteiger partial charge in [-0.15, -0.1) is 0 Å². The first-order valence-electron chi connectivity index (χ1n) is 12.8. The summed E-state index contributed by atoms with van der Waals surface area (Å²) in [6, 6.07) is 7.70. The van der Waals surface area contributed by atoms with Crippen LogP contribution in [0.15, 0.2) is 35.1 Å². The number of rotatable bonds is 8. The maximum atomic E-state index is 12.8. The number of aromatic nitrogens is 3. The number of carbonyl (C=O) groups excluding carboxylic acids is 1. The molecule has 2 aliphatic heterocycles. The molecule has 192 valence electrons. The predicted octanol–water partition coefficient (Wildman–Crippen LogP) is 2.26. The molecule has 0 aliphatic carbocycles. The van der Waals surface area contributed by atoms with Crippen LogP contribution in [0.3, 0.4) is 0 Å². The molecule has 0 saturated carbocycles. The van der Waals surface area contributed by atoms with E-state index < -0.39 is 0 Å². The van der Waals surface area contributed by atoms with Crippen LogP contribution in [0.4, 0.5) is 5.82 Å². The molecule has 1 aromatic carbocycles. The second-order valence-corrected chi connectivity index (χ2v) is 9.69. The Morgan fingerprint density at radius 3 is 2.56 bits per heavy atom. The molecule has 0 unspecified atom stereocenters. The van der Waals surface area contributed by atoms with Crippen molar-refractivity contribution in [3.63, 3.8) is 0 Å². The lowest BCUT2D eigenvalue weighted by molar-refractivity contribution is -0.125. The number of methoxy groups -OCH3 is 1. The van der Waals surface area contributed by atoms with E-state index in [0.717, 1.165) is 94.1 Å². The number of amides is 1. The molecular formula is C26H35N7O3. The van der Waals surface area contributed by atoms with E-state index in [1.54, 1.807) is 7.11 Å². The van der Waals surface area contributed by atoms with Crippen molar-refractivity contribution in [3.8, 4) is 17.0 Å². The number of piperazine rings is 1. The number of ether oxygens (including phenoxy) is 1. The van der Waals surface area contributed by atoms with Crippen LogP contribution in [0.5, 0.6) is 5.75 Å². The Hall–Kier alpha value is -3.24. The van der Waals surface area contributed by atoms with E-state index in [2.05, 4.69) is 42.2 Å². The molecule has 10 heteroatoms. The van der Waals surface area contributed by atoms with Crippen LogP contribution >= 0.6 is 0 Å². The van der Waals surface area contributed by atoms with Crippen molar-refractivity contribution >= 4 is 22.8 Å². The molecule has 1 amide bonds. The van der Waals surface area contributed by atoms with E-state index in [0.29, 0.717) is 11.4 Å². The van der Waals surface area contributed by atoms with Crippen molar-refractivity contribution in [2.24, 2.45) is 5.92 Å². The minimum Gasteiger partial charge on any atom is -0.497 e. The summed E-state index contributed by atoms with van der Waals surface area (Å²) in [7, 11) is 3.81. The molecule has 0 bridgehead atoms. The highest BCUT2D eigenvalue weighted by Crippen LogP contribution is 2.35. The number of nitrogens with one attached hydrogen (secondary N) is 1. The standard InChI is InChI=1S/C26H35N7O3/c1-31-14-16-32(17-15-31)11-3-10-27-25(34)20-8-12-33(13-9-20)24-22-23(30-36-26(22)29-18-28-24)19-4-6-21(35-2)7-5-19/h4-7,18,20H,3,8-17H2,1-2H3,(H,27,34). The zero-order valence-corrected chi connectivity index (χ0v) is 21.2. The van der Waals surface area contributed by atoms with Crippen LogP contribution < -0.4 is 15.0 Å². The first-order valence-corrected chi connectivity index (χ1v) is 12.8. The van der Waals surface area contributed by atoms with E-state index in [9.17, 15) is 4.79 Å². The summed E-state index contributed by atoms with van der Waals surface area (Å²) < 4.78 is 10.8. The number of piperidine rings is 1. The second-order valence-electron chi connectivity index (χ2n) is 9.69. The fourth-order valence-corrected chi connectivity index (χ4v) is 5.04. The number of benzene rings is 1. The fourth-order valence-electron chi connectivity index (χ4n) is 5.04. The molecule has 2 aromatic heterocycles. The van der Waals surface area contributed by atoms with Crippen molar-refractivity contribution in [2.45, 2.75) is 19.3 Å². The van der Waals surface area contributed by atoms with Gasteiger partial charge in [0.2, 0.25) is 5.91 Å². The van der Waals surface area contributed by atoms with Crippen molar-refractivity contribution in [1.29, 1.82) is 0 Å². The molecule has 4 heterocycles. The van der Waals surface area contributed by atoms with Crippen molar-refractivity contribution in [3.05, 3.63) is 30.6 Å². The lowest BCUT2D eigenvalue weighted by Crippen LogP contribution is -2.45. The summed E-state index contributed by atoms with van der Waals surface area (Å²) in [6.45, 7) is 7.77. The molecule has 2 fully saturated rings. The van der Waals surface area contributed by atoms with E-state index in [1.807, 2.05) is 24.3 Å². The molecule has 0 atom stereocenters. The summed E-state index contributed by atoms with van der Waals surface area (Å²) in [4.78, 5) is 28.7. The van der Waals surface area contributed by atoms with Crippen molar-refractivity contribution in [1.82, 2.24) is 30.2 Å². The average molecular weight is 494 g/mol. The minimum absolute atomic E-state index is 0.0331. The average Bonchev–Trinajstić information content (AvgIpc) is 3.36. The van der Waals surface area contributed by atoms with Gasteiger partial charge in [0.1, 0.15) is 29.0 Å². The second kappa shape index (κ2) is 11.2. The molecule has 2 aliphatic rings. The number of hydrogen-bond acceptors (Lipinski definition) is 9.